The first-order chi connectivity index (χ1) is 9.25. The van der Waals surface area contributed by atoms with E-state index in [1.54, 1.807) is 0 Å². The molecule has 96 valence electrons. The Morgan fingerprint density at radius 2 is 1.84 bits per heavy atom. The second-order valence-corrected chi connectivity index (χ2v) is 5.09. The third kappa shape index (κ3) is 2.26. The standard InChI is InChI=1S/C17H17NO/c1-12-6-5-9-15-14(13-7-3-2-4-8-13)10-11-16(19)18-17(12)15/h2-9,14H,10-11H2,1H3,(H,18,19)/t14-/m1/s1. The van der Waals surface area contributed by atoms with Crippen LogP contribution in [0.3, 0.4) is 0 Å². The van der Waals surface area contributed by atoms with Gasteiger partial charge in [-0.1, -0.05) is 48.5 Å². The molecule has 2 nitrogen and oxygen atoms in total. The van der Waals surface area contributed by atoms with Crippen LogP contribution in [0.5, 0.6) is 0 Å². The molecule has 0 unspecified atom stereocenters. The summed E-state index contributed by atoms with van der Waals surface area (Å²) in [6.45, 7) is 2.05. The summed E-state index contributed by atoms with van der Waals surface area (Å²) in [5.41, 5.74) is 4.65. The van der Waals surface area contributed by atoms with Gasteiger partial charge in [0, 0.05) is 18.0 Å². The Bertz CT molecular complexity index is 604. The van der Waals surface area contributed by atoms with Crippen molar-refractivity contribution in [2.75, 3.05) is 5.32 Å². The van der Waals surface area contributed by atoms with Gasteiger partial charge in [0.1, 0.15) is 0 Å². The molecular weight excluding hydrogens is 234 g/mol. The molecule has 1 aliphatic rings. The van der Waals surface area contributed by atoms with Crippen LogP contribution in [0.2, 0.25) is 0 Å². The maximum absolute atomic E-state index is 11.9. The van der Waals surface area contributed by atoms with Crippen molar-refractivity contribution in [1.82, 2.24) is 0 Å². The molecule has 0 bridgehead atoms. The second kappa shape index (κ2) is 4.88. The monoisotopic (exact) mass is 251 g/mol. The highest BCUT2D eigenvalue weighted by Crippen LogP contribution is 2.37. The Hall–Kier alpha value is -2.09. The van der Waals surface area contributed by atoms with Crippen LogP contribution in [0.4, 0.5) is 5.69 Å². The summed E-state index contributed by atoms with van der Waals surface area (Å²) in [6, 6.07) is 16.7. The fourth-order valence-electron chi connectivity index (χ4n) is 2.82. The van der Waals surface area contributed by atoms with Gasteiger partial charge in [-0.05, 0) is 30.0 Å². The van der Waals surface area contributed by atoms with Crippen molar-refractivity contribution in [2.24, 2.45) is 0 Å². The molecule has 2 aromatic rings. The predicted octanol–water partition coefficient (Wildman–Crippen LogP) is 3.86. The summed E-state index contributed by atoms with van der Waals surface area (Å²) in [4.78, 5) is 11.9. The van der Waals surface area contributed by atoms with E-state index in [0.717, 1.165) is 17.7 Å². The first kappa shape index (κ1) is 12.0. The number of para-hydroxylation sites is 1. The highest BCUT2D eigenvalue weighted by Gasteiger charge is 2.23. The SMILES string of the molecule is Cc1cccc2c1NC(=O)CC[C@@H]2c1ccccc1. The Labute approximate surface area is 113 Å². The van der Waals surface area contributed by atoms with Crippen molar-refractivity contribution >= 4 is 11.6 Å². The van der Waals surface area contributed by atoms with Crippen molar-refractivity contribution in [3.05, 3.63) is 65.2 Å². The highest BCUT2D eigenvalue weighted by atomic mass is 16.1. The van der Waals surface area contributed by atoms with Gasteiger partial charge in [-0.3, -0.25) is 4.79 Å². The zero-order valence-electron chi connectivity index (χ0n) is 11.0. The van der Waals surface area contributed by atoms with Crippen LogP contribution in [0.15, 0.2) is 48.5 Å². The van der Waals surface area contributed by atoms with E-state index < -0.39 is 0 Å². The third-order valence-corrected chi connectivity index (χ3v) is 3.81. The molecule has 0 saturated heterocycles. The van der Waals surface area contributed by atoms with Crippen LogP contribution in [-0.2, 0) is 4.79 Å². The molecule has 1 atom stereocenters. The lowest BCUT2D eigenvalue weighted by atomic mass is 9.86. The topological polar surface area (TPSA) is 29.1 Å². The van der Waals surface area contributed by atoms with Gasteiger partial charge in [0.25, 0.3) is 0 Å². The number of amides is 1. The minimum atomic E-state index is 0.119. The lowest BCUT2D eigenvalue weighted by Gasteiger charge is -2.18. The van der Waals surface area contributed by atoms with Gasteiger partial charge in [-0.25, -0.2) is 0 Å². The zero-order valence-corrected chi connectivity index (χ0v) is 11.0. The largest absolute Gasteiger partial charge is 0.326 e. The zero-order chi connectivity index (χ0) is 13.2. The fourth-order valence-corrected chi connectivity index (χ4v) is 2.82. The number of hydrogen-bond donors (Lipinski definition) is 1. The Morgan fingerprint density at radius 3 is 2.63 bits per heavy atom. The number of carbonyl (C=O) groups is 1. The summed E-state index contributed by atoms with van der Waals surface area (Å²) in [7, 11) is 0. The van der Waals surface area contributed by atoms with Gasteiger partial charge in [0.2, 0.25) is 5.91 Å². The van der Waals surface area contributed by atoms with Gasteiger partial charge in [0.15, 0.2) is 0 Å². The highest BCUT2D eigenvalue weighted by molar-refractivity contribution is 5.93. The van der Waals surface area contributed by atoms with Crippen LogP contribution >= 0.6 is 0 Å². The molecule has 19 heavy (non-hydrogen) atoms. The summed E-state index contributed by atoms with van der Waals surface area (Å²) in [6.07, 6.45) is 1.44. The van der Waals surface area contributed by atoms with Crippen LogP contribution in [0, 0.1) is 6.92 Å². The number of hydrogen-bond acceptors (Lipinski definition) is 1. The molecule has 2 aromatic carbocycles. The minimum absolute atomic E-state index is 0.119. The number of rotatable bonds is 1. The normalized spacial score (nSPS) is 18.4. The van der Waals surface area contributed by atoms with E-state index in [1.165, 1.54) is 11.1 Å². The number of aryl methyl sites for hydroxylation is 1. The smallest absolute Gasteiger partial charge is 0.224 e. The van der Waals surface area contributed by atoms with E-state index in [-0.39, 0.29) is 5.91 Å². The van der Waals surface area contributed by atoms with Gasteiger partial charge in [-0.2, -0.15) is 0 Å². The average Bonchev–Trinajstić information content (AvgIpc) is 2.60. The van der Waals surface area contributed by atoms with Crippen LogP contribution in [-0.4, -0.2) is 5.91 Å². The molecular formula is C17H17NO. The molecule has 1 aliphatic heterocycles. The lowest BCUT2D eigenvalue weighted by molar-refractivity contribution is -0.116. The molecule has 0 spiro atoms. The van der Waals surface area contributed by atoms with E-state index in [9.17, 15) is 4.79 Å². The summed E-state index contributed by atoms with van der Waals surface area (Å²) < 4.78 is 0. The molecule has 1 N–H and O–H groups in total. The predicted molar refractivity (Wildman–Crippen MR) is 77.3 cm³/mol. The molecule has 0 aliphatic carbocycles. The van der Waals surface area contributed by atoms with Crippen molar-refractivity contribution in [3.63, 3.8) is 0 Å². The van der Waals surface area contributed by atoms with E-state index in [2.05, 4.69) is 41.7 Å². The number of carbonyl (C=O) groups excluding carboxylic acids is 1. The maximum Gasteiger partial charge on any atom is 0.224 e. The van der Waals surface area contributed by atoms with Gasteiger partial charge in [-0.15, -0.1) is 0 Å². The Kier molecular flexibility index (Phi) is 3.08. The molecule has 0 radical (unpaired) electrons. The summed E-state index contributed by atoms with van der Waals surface area (Å²) >= 11 is 0. The van der Waals surface area contributed by atoms with Crippen LogP contribution in [0.1, 0.15) is 35.4 Å². The van der Waals surface area contributed by atoms with Crippen molar-refractivity contribution in [1.29, 1.82) is 0 Å². The lowest BCUT2D eigenvalue weighted by Crippen LogP contribution is -2.10. The summed E-state index contributed by atoms with van der Waals surface area (Å²) in [5, 5.41) is 3.05. The molecule has 1 heterocycles. The molecule has 1 amide bonds. The second-order valence-electron chi connectivity index (χ2n) is 5.09. The molecule has 2 heteroatoms. The Morgan fingerprint density at radius 1 is 1.05 bits per heavy atom. The molecule has 0 fully saturated rings. The van der Waals surface area contributed by atoms with Crippen molar-refractivity contribution in [2.45, 2.75) is 25.7 Å². The summed E-state index contributed by atoms with van der Waals surface area (Å²) in [5.74, 6) is 0.420. The minimum Gasteiger partial charge on any atom is -0.326 e. The number of fused-ring (bicyclic) bond motifs is 1. The number of nitrogens with one attached hydrogen (secondary N) is 1. The number of benzene rings is 2. The fraction of sp³-hybridized carbons (Fsp3) is 0.235. The molecule has 0 aromatic heterocycles. The van der Waals surface area contributed by atoms with Gasteiger partial charge < -0.3 is 5.32 Å². The van der Waals surface area contributed by atoms with Gasteiger partial charge in [0.05, 0.1) is 0 Å². The third-order valence-electron chi connectivity index (χ3n) is 3.81. The first-order valence-corrected chi connectivity index (χ1v) is 6.70. The quantitative estimate of drug-likeness (QED) is 0.819. The molecule has 0 saturated carbocycles. The first-order valence-electron chi connectivity index (χ1n) is 6.70. The van der Waals surface area contributed by atoms with Crippen molar-refractivity contribution < 1.29 is 4.79 Å². The van der Waals surface area contributed by atoms with Gasteiger partial charge >= 0.3 is 0 Å². The van der Waals surface area contributed by atoms with Crippen LogP contribution in [0.25, 0.3) is 0 Å². The Balaban J connectivity index is 2.13. The van der Waals surface area contributed by atoms with E-state index >= 15 is 0 Å². The maximum atomic E-state index is 11.9. The van der Waals surface area contributed by atoms with E-state index in [0.29, 0.717) is 12.3 Å². The number of anilines is 1. The van der Waals surface area contributed by atoms with Crippen molar-refractivity contribution in [3.8, 4) is 0 Å². The molecule has 3 rings (SSSR count). The van der Waals surface area contributed by atoms with E-state index in [1.807, 2.05) is 19.1 Å². The van der Waals surface area contributed by atoms with E-state index in [4.69, 9.17) is 0 Å². The van der Waals surface area contributed by atoms with Crippen LogP contribution < -0.4 is 5.32 Å². The average molecular weight is 251 g/mol.